The Balaban J connectivity index is 1.20. The molecule has 2 rings (SSSR count). The minimum atomic E-state index is 1.17. The molecule has 0 saturated carbocycles. The molecule has 0 radical (unpaired) electrons. The molecular weight excluding hydrogens is 212 g/mol. The average molecular weight is 240 g/mol. The van der Waals surface area contributed by atoms with E-state index in [-0.39, 0.29) is 0 Å². The molecule has 2 aliphatic rings. The van der Waals surface area contributed by atoms with Crippen LogP contribution in [0.1, 0.15) is 19.3 Å². The zero-order chi connectivity index (χ0) is 11.8. The Morgan fingerprint density at radius 3 is 1.41 bits per heavy atom. The average Bonchev–Trinajstić information content (AvgIpc) is 3.19. The Bertz CT molecular complexity index is 170. The second-order valence-electron chi connectivity index (χ2n) is 5.24. The van der Waals surface area contributed by atoms with Crippen molar-refractivity contribution in [2.45, 2.75) is 19.3 Å². The quantitative estimate of drug-likeness (QED) is 0.370. The van der Waals surface area contributed by atoms with E-state index in [0.29, 0.717) is 0 Å². The monoisotopic (exact) mass is 240 g/mol. The summed E-state index contributed by atoms with van der Waals surface area (Å²) in [5.41, 5.74) is 0. The number of rotatable bonds is 12. The molecule has 2 N–H and O–H groups in total. The summed E-state index contributed by atoms with van der Waals surface area (Å²) in [6.45, 7) is 12.6. The topological polar surface area (TPSA) is 30.1 Å². The molecule has 0 unspecified atom stereocenters. The van der Waals surface area contributed by atoms with Crippen molar-refractivity contribution < 1.29 is 0 Å². The molecule has 0 aliphatic carbocycles. The van der Waals surface area contributed by atoms with Crippen molar-refractivity contribution in [1.29, 1.82) is 0 Å². The lowest BCUT2D eigenvalue weighted by Gasteiger charge is -2.06. The van der Waals surface area contributed by atoms with Gasteiger partial charge in [-0.1, -0.05) is 0 Å². The summed E-state index contributed by atoms with van der Waals surface area (Å²) in [4.78, 5) is 4.97. The van der Waals surface area contributed by atoms with Crippen molar-refractivity contribution in [2.24, 2.45) is 0 Å². The maximum absolute atomic E-state index is 3.51. The van der Waals surface area contributed by atoms with Crippen LogP contribution in [-0.2, 0) is 0 Å². The molecule has 0 aromatic heterocycles. The van der Waals surface area contributed by atoms with Crippen LogP contribution in [0.5, 0.6) is 0 Å². The molecule has 0 spiro atoms. The molecule has 4 nitrogen and oxygen atoms in total. The first-order valence-corrected chi connectivity index (χ1v) is 7.31. The molecular formula is C13H28N4. The van der Waals surface area contributed by atoms with Crippen molar-refractivity contribution in [1.82, 2.24) is 20.4 Å². The van der Waals surface area contributed by atoms with E-state index in [9.17, 15) is 0 Å². The van der Waals surface area contributed by atoms with Crippen LogP contribution in [0.25, 0.3) is 0 Å². The molecule has 2 heterocycles. The first-order valence-electron chi connectivity index (χ1n) is 7.31. The van der Waals surface area contributed by atoms with Gasteiger partial charge in [0, 0.05) is 26.2 Å². The van der Waals surface area contributed by atoms with Crippen LogP contribution in [0.4, 0.5) is 0 Å². The second kappa shape index (κ2) is 8.03. The van der Waals surface area contributed by atoms with Gasteiger partial charge in [0.1, 0.15) is 0 Å². The molecule has 0 aromatic carbocycles. The van der Waals surface area contributed by atoms with Gasteiger partial charge in [0.2, 0.25) is 0 Å². The third kappa shape index (κ3) is 7.71. The fourth-order valence-electron chi connectivity index (χ4n) is 2.03. The van der Waals surface area contributed by atoms with Crippen LogP contribution in [0, 0.1) is 0 Å². The van der Waals surface area contributed by atoms with E-state index >= 15 is 0 Å². The van der Waals surface area contributed by atoms with Gasteiger partial charge >= 0.3 is 0 Å². The molecule has 0 bridgehead atoms. The van der Waals surface area contributed by atoms with Gasteiger partial charge in [-0.05, 0) is 58.5 Å². The Morgan fingerprint density at radius 2 is 1.00 bits per heavy atom. The lowest BCUT2D eigenvalue weighted by atomic mass is 10.3. The van der Waals surface area contributed by atoms with Crippen LogP contribution in [0.15, 0.2) is 0 Å². The Morgan fingerprint density at radius 1 is 0.588 bits per heavy atom. The van der Waals surface area contributed by atoms with Gasteiger partial charge in [0.25, 0.3) is 0 Å². The molecule has 2 aliphatic heterocycles. The van der Waals surface area contributed by atoms with Crippen LogP contribution in [-0.4, -0.2) is 75.2 Å². The maximum Gasteiger partial charge on any atom is 0.0110 e. The molecule has 2 fully saturated rings. The zero-order valence-corrected chi connectivity index (χ0v) is 11.1. The zero-order valence-electron chi connectivity index (χ0n) is 11.1. The minimum absolute atomic E-state index is 1.17. The normalized spacial score (nSPS) is 19.8. The fraction of sp³-hybridized carbons (Fsp3) is 1.00. The summed E-state index contributed by atoms with van der Waals surface area (Å²) in [7, 11) is 0. The summed E-state index contributed by atoms with van der Waals surface area (Å²) in [6.07, 6.45) is 3.87. The van der Waals surface area contributed by atoms with Crippen molar-refractivity contribution in [3.05, 3.63) is 0 Å². The van der Waals surface area contributed by atoms with Crippen molar-refractivity contribution >= 4 is 0 Å². The summed E-state index contributed by atoms with van der Waals surface area (Å²) in [5.74, 6) is 0. The maximum atomic E-state index is 3.51. The van der Waals surface area contributed by atoms with E-state index in [4.69, 9.17) is 0 Å². The van der Waals surface area contributed by atoms with Gasteiger partial charge < -0.3 is 20.4 Å². The van der Waals surface area contributed by atoms with Crippen molar-refractivity contribution in [3.63, 3.8) is 0 Å². The third-order valence-corrected chi connectivity index (χ3v) is 3.44. The molecule has 100 valence electrons. The molecule has 17 heavy (non-hydrogen) atoms. The molecule has 0 aromatic rings. The molecule has 0 atom stereocenters. The highest BCUT2D eigenvalue weighted by molar-refractivity contribution is 4.72. The van der Waals surface area contributed by atoms with E-state index in [1.807, 2.05) is 0 Å². The fourth-order valence-corrected chi connectivity index (χ4v) is 2.03. The lowest BCUT2D eigenvalue weighted by molar-refractivity contribution is 0.495. The van der Waals surface area contributed by atoms with Gasteiger partial charge in [0.05, 0.1) is 0 Å². The SMILES string of the molecule is C(CNCCCN1CC1)CNCCCN1CC1. The minimum Gasteiger partial charge on any atom is -0.317 e. The summed E-state index contributed by atoms with van der Waals surface area (Å²) < 4.78 is 0. The van der Waals surface area contributed by atoms with E-state index < -0.39 is 0 Å². The molecule has 0 amide bonds. The van der Waals surface area contributed by atoms with E-state index in [2.05, 4.69) is 20.4 Å². The van der Waals surface area contributed by atoms with Gasteiger partial charge in [-0.2, -0.15) is 0 Å². The summed E-state index contributed by atoms with van der Waals surface area (Å²) in [6, 6.07) is 0. The van der Waals surface area contributed by atoms with Gasteiger partial charge in [0.15, 0.2) is 0 Å². The van der Waals surface area contributed by atoms with Gasteiger partial charge in [-0.25, -0.2) is 0 Å². The Hall–Kier alpha value is -0.160. The van der Waals surface area contributed by atoms with E-state index in [1.165, 1.54) is 84.7 Å². The van der Waals surface area contributed by atoms with Crippen LogP contribution >= 0.6 is 0 Å². The van der Waals surface area contributed by atoms with Gasteiger partial charge in [-0.3, -0.25) is 0 Å². The smallest absolute Gasteiger partial charge is 0.0110 e. The van der Waals surface area contributed by atoms with Gasteiger partial charge in [-0.15, -0.1) is 0 Å². The largest absolute Gasteiger partial charge is 0.317 e. The lowest BCUT2D eigenvalue weighted by Crippen LogP contribution is -2.24. The van der Waals surface area contributed by atoms with Crippen LogP contribution in [0.3, 0.4) is 0 Å². The first-order chi connectivity index (χ1) is 8.45. The van der Waals surface area contributed by atoms with E-state index in [0.717, 1.165) is 0 Å². The number of hydrogen-bond donors (Lipinski definition) is 2. The highest BCUT2D eigenvalue weighted by Crippen LogP contribution is 2.03. The third-order valence-electron chi connectivity index (χ3n) is 3.44. The number of nitrogens with one attached hydrogen (secondary N) is 2. The van der Waals surface area contributed by atoms with Crippen molar-refractivity contribution in [3.8, 4) is 0 Å². The summed E-state index contributed by atoms with van der Waals surface area (Å²) in [5, 5.41) is 7.03. The van der Waals surface area contributed by atoms with Crippen LogP contribution in [0.2, 0.25) is 0 Å². The summed E-state index contributed by atoms with van der Waals surface area (Å²) >= 11 is 0. The standard InChI is InChI=1S/C13H28N4/c1(4-14-6-2-8-16-10-11-16)5-15-7-3-9-17-12-13-17/h14-15H,1-13H2. The van der Waals surface area contributed by atoms with E-state index in [1.54, 1.807) is 0 Å². The first kappa shape index (κ1) is 13.3. The number of hydrogen-bond acceptors (Lipinski definition) is 4. The van der Waals surface area contributed by atoms with Crippen LogP contribution < -0.4 is 10.6 Å². The second-order valence-corrected chi connectivity index (χ2v) is 5.24. The molecule has 4 heteroatoms. The Kier molecular flexibility index (Phi) is 6.27. The Labute approximate surface area is 106 Å². The molecule has 2 saturated heterocycles. The van der Waals surface area contributed by atoms with Crippen molar-refractivity contribution in [2.75, 3.05) is 65.4 Å². The predicted octanol–water partition coefficient (Wildman–Crippen LogP) is -0.0329. The number of nitrogens with zero attached hydrogens (tertiary/aromatic N) is 2. The highest BCUT2D eigenvalue weighted by atomic mass is 15.3. The highest BCUT2D eigenvalue weighted by Gasteiger charge is 2.15. The predicted molar refractivity (Wildman–Crippen MR) is 72.5 cm³/mol.